The average Bonchev–Trinajstić information content (AvgIpc) is 3.14. The van der Waals surface area contributed by atoms with Crippen molar-refractivity contribution in [2.45, 2.75) is 31.7 Å². The topological polar surface area (TPSA) is 118 Å². The number of H-pyrrole nitrogens is 2. The Labute approximate surface area is 186 Å². The zero-order valence-corrected chi connectivity index (χ0v) is 19.1. The van der Waals surface area contributed by atoms with E-state index in [0.717, 1.165) is 11.1 Å². The first kappa shape index (κ1) is 22.3. The van der Waals surface area contributed by atoms with Crippen LogP contribution < -0.4 is 11.0 Å². The predicted octanol–water partition coefficient (Wildman–Crippen LogP) is 1.81. The summed E-state index contributed by atoms with van der Waals surface area (Å²) in [4.78, 5) is 31.8. The fourth-order valence-electron chi connectivity index (χ4n) is 3.98. The summed E-state index contributed by atoms with van der Waals surface area (Å²) >= 11 is 0. The SMILES string of the molecule is Cc1ccc(C)c(S(=O)(=O)N2CCN([C@@H](C)C(=O)Nc3ccc4[nH]c(=O)[nH]c4c3)CC2)c1. The van der Waals surface area contributed by atoms with E-state index in [4.69, 9.17) is 0 Å². The van der Waals surface area contributed by atoms with E-state index in [-0.39, 0.29) is 11.6 Å². The lowest BCUT2D eigenvalue weighted by Crippen LogP contribution is -2.54. The predicted molar refractivity (Wildman–Crippen MR) is 123 cm³/mol. The molecule has 0 saturated carbocycles. The molecule has 2 heterocycles. The number of rotatable bonds is 5. The molecule has 1 fully saturated rings. The Kier molecular flexibility index (Phi) is 5.93. The van der Waals surface area contributed by atoms with Crippen molar-refractivity contribution in [3.63, 3.8) is 0 Å². The Hall–Kier alpha value is -2.95. The molecule has 3 aromatic rings. The number of aryl methyl sites for hydroxylation is 2. The minimum absolute atomic E-state index is 0.187. The first-order chi connectivity index (χ1) is 15.1. The maximum atomic E-state index is 13.1. The van der Waals surface area contributed by atoms with Crippen molar-refractivity contribution in [3.05, 3.63) is 58.0 Å². The zero-order chi connectivity index (χ0) is 23.0. The highest BCUT2D eigenvalue weighted by atomic mass is 32.2. The summed E-state index contributed by atoms with van der Waals surface area (Å²) in [6.45, 7) is 7.05. The van der Waals surface area contributed by atoms with Gasteiger partial charge in [0.2, 0.25) is 15.9 Å². The summed E-state index contributed by atoms with van der Waals surface area (Å²) in [6.07, 6.45) is 0. The number of anilines is 1. The number of piperazine rings is 1. The molecule has 0 aliphatic carbocycles. The van der Waals surface area contributed by atoms with Crippen LogP contribution in [0.4, 0.5) is 5.69 Å². The second-order valence-electron chi connectivity index (χ2n) is 8.21. The number of hydrogen-bond donors (Lipinski definition) is 3. The summed E-state index contributed by atoms with van der Waals surface area (Å²) in [7, 11) is -3.58. The minimum atomic E-state index is -3.58. The van der Waals surface area contributed by atoms with Crippen LogP contribution in [0.15, 0.2) is 46.1 Å². The number of nitrogens with zero attached hydrogens (tertiary/aromatic N) is 2. The average molecular weight is 458 g/mol. The van der Waals surface area contributed by atoms with Crippen LogP contribution in [0, 0.1) is 13.8 Å². The molecule has 2 aromatic carbocycles. The standard InChI is InChI=1S/C22H27N5O4S/c1-14-4-5-15(2)20(12-14)32(30,31)27-10-8-26(9-11-27)16(3)21(28)23-17-6-7-18-19(13-17)25-22(29)24-18/h4-7,12-13,16H,8-11H2,1-3H3,(H,23,28)(H2,24,25,29)/t16-/m0/s1. The van der Waals surface area contributed by atoms with Crippen LogP contribution in [0.25, 0.3) is 11.0 Å². The second kappa shape index (κ2) is 8.53. The number of hydrogen-bond acceptors (Lipinski definition) is 5. The van der Waals surface area contributed by atoms with Gasteiger partial charge >= 0.3 is 5.69 Å². The second-order valence-corrected chi connectivity index (χ2v) is 10.1. The molecule has 1 saturated heterocycles. The number of carbonyl (C=O) groups excluding carboxylic acids is 1. The van der Waals surface area contributed by atoms with Gasteiger partial charge in [0.05, 0.1) is 22.0 Å². The highest BCUT2D eigenvalue weighted by Crippen LogP contribution is 2.23. The molecule has 1 aliphatic heterocycles. The number of aromatic nitrogens is 2. The number of amides is 1. The molecular formula is C22H27N5O4S. The summed E-state index contributed by atoms with van der Waals surface area (Å²) in [6, 6.07) is 10.2. The first-order valence-electron chi connectivity index (χ1n) is 10.5. The Bertz CT molecular complexity index is 1320. The van der Waals surface area contributed by atoms with Gasteiger partial charge in [0.15, 0.2) is 0 Å². The van der Waals surface area contributed by atoms with Gasteiger partial charge in [-0.25, -0.2) is 13.2 Å². The van der Waals surface area contributed by atoms with Crippen molar-refractivity contribution < 1.29 is 13.2 Å². The van der Waals surface area contributed by atoms with Gasteiger partial charge < -0.3 is 15.3 Å². The van der Waals surface area contributed by atoms with E-state index in [0.29, 0.717) is 47.8 Å². The molecule has 1 amide bonds. The molecule has 170 valence electrons. The van der Waals surface area contributed by atoms with E-state index < -0.39 is 16.1 Å². The molecule has 0 spiro atoms. The van der Waals surface area contributed by atoms with Gasteiger partial charge in [0.25, 0.3) is 0 Å². The van der Waals surface area contributed by atoms with Crippen LogP contribution in [0.2, 0.25) is 0 Å². The molecular weight excluding hydrogens is 430 g/mol. The molecule has 1 aliphatic rings. The number of nitrogens with one attached hydrogen (secondary N) is 3. The number of aromatic amines is 2. The van der Waals surface area contributed by atoms with E-state index in [2.05, 4.69) is 15.3 Å². The monoisotopic (exact) mass is 457 g/mol. The molecule has 0 bridgehead atoms. The fraction of sp³-hybridized carbons (Fsp3) is 0.364. The van der Waals surface area contributed by atoms with E-state index in [9.17, 15) is 18.0 Å². The Balaban J connectivity index is 1.40. The van der Waals surface area contributed by atoms with E-state index in [1.54, 1.807) is 38.1 Å². The highest BCUT2D eigenvalue weighted by molar-refractivity contribution is 7.89. The van der Waals surface area contributed by atoms with Gasteiger partial charge in [-0.05, 0) is 56.2 Å². The third-order valence-electron chi connectivity index (χ3n) is 5.95. The maximum Gasteiger partial charge on any atom is 0.323 e. The number of benzene rings is 2. The summed E-state index contributed by atoms with van der Waals surface area (Å²) in [5.41, 5.74) is 3.20. The number of sulfonamides is 1. The van der Waals surface area contributed by atoms with Gasteiger partial charge in [-0.3, -0.25) is 9.69 Å². The van der Waals surface area contributed by atoms with Gasteiger partial charge in [-0.2, -0.15) is 4.31 Å². The van der Waals surface area contributed by atoms with Crippen LogP contribution in [0.3, 0.4) is 0 Å². The molecule has 3 N–H and O–H groups in total. The Morgan fingerprint density at radius 2 is 1.69 bits per heavy atom. The normalized spacial score (nSPS) is 16.8. The molecule has 1 aromatic heterocycles. The smallest absolute Gasteiger partial charge is 0.323 e. The van der Waals surface area contributed by atoms with Crippen molar-refractivity contribution in [3.8, 4) is 0 Å². The van der Waals surface area contributed by atoms with Crippen molar-refractivity contribution in [1.29, 1.82) is 0 Å². The summed E-state index contributed by atoms with van der Waals surface area (Å²) in [5.74, 6) is -0.187. The van der Waals surface area contributed by atoms with Crippen LogP contribution in [0.5, 0.6) is 0 Å². The number of imidazole rings is 1. The zero-order valence-electron chi connectivity index (χ0n) is 18.3. The van der Waals surface area contributed by atoms with Crippen LogP contribution in [-0.4, -0.2) is 65.7 Å². The van der Waals surface area contributed by atoms with Crippen LogP contribution in [-0.2, 0) is 14.8 Å². The van der Waals surface area contributed by atoms with Gasteiger partial charge in [-0.1, -0.05) is 12.1 Å². The Morgan fingerprint density at radius 1 is 1.00 bits per heavy atom. The van der Waals surface area contributed by atoms with E-state index in [1.165, 1.54) is 4.31 Å². The fourth-order valence-corrected chi connectivity index (χ4v) is 5.71. The summed E-state index contributed by atoms with van der Waals surface area (Å²) in [5, 5.41) is 2.87. The third-order valence-corrected chi connectivity index (χ3v) is 7.99. The van der Waals surface area contributed by atoms with E-state index >= 15 is 0 Å². The van der Waals surface area contributed by atoms with Crippen molar-refractivity contribution in [2.75, 3.05) is 31.5 Å². The Morgan fingerprint density at radius 3 is 2.41 bits per heavy atom. The largest absolute Gasteiger partial charge is 0.325 e. The molecule has 0 radical (unpaired) electrons. The van der Waals surface area contributed by atoms with E-state index in [1.807, 2.05) is 24.0 Å². The molecule has 1 atom stereocenters. The quantitative estimate of drug-likeness (QED) is 0.540. The third kappa shape index (κ3) is 4.34. The van der Waals surface area contributed by atoms with Gasteiger partial charge in [0, 0.05) is 31.9 Å². The van der Waals surface area contributed by atoms with Gasteiger partial charge in [-0.15, -0.1) is 0 Å². The lowest BCUT2D eigenvalue weighted by atomic mass is 10.2. The minimum Gasteiger partial charge on any atom is -0.325 e. The van der Waals surface area contributed by atoms with Crippen molar-refractivity contribution in [2.24, 2.45) is 0 Å². The highest BCUT2D eigenvalue weighted by Gasteiger charge is 2.32. The van der Waals surface area contributed by atoms with Crippen LogP contribution >= 0.6 is 0 Å². The molecule has 32 heavy (non-hydrogen) atoms. The van der Waals surface area contributed by atoms with Crippen LogP contribution in [0.1, 0.15) is 18.1 Å². The molecule has 0 unspecified atom stereocenters. The number of fused-ring (bicyclic) bond motifs is 1. The molecule has 4 rings (SSSR count). The maximum absolute atomic E-state index is 13.1. The van der Waals surface area contributed by atoms with Crippen molar-refractivity contribution >= 4 is 32.7 Å². The lowest BCUT2D eigenvalue weighted by molar-refractivity contribution is -0.121. The summed E-state index contributed by atoms with van der Waals surface area (Å²) < 4.78 is 27.7. The lowest BCUT2D eigenvalue weighted by Gasteiger charge is -2.37. The van der Waals surface area contributed by atoms with Crippen molar-refractivity contribution in [1.82, 2.24) is 19.2 Å². The first-order valence-corrected chi connectivity index (χ1v) is 11.9. The molecule has 10 heteroatoms. The van der Waals surface area contributed by atoms with Gasteiger partial charge in [0.1, 0.15) is 0 Å². The number of carbonyl (C=O) groups is 1. The molecule has 9 nitrogen and oxygen atoms in total.